The van der Waals surface area contributed by atoms with E-state index in [0.717, 1.165) is 50.3 Å². The van der Waals surface area contributed by atoms with Gasteiger partial charge in [0.05, 0.1) is 23.7 Å². The molecule has 0 aromatic heterocycles. The van der Waals surface area contributed by atoms with Gasteiger partial charge in [-0.3, -0.25) is 9.59 Å². The number of anilines is 1. The smallest absolute Gasteiger partial charge is 0.260 e. The Labute approximate surface area is 242 Å². The zero-order chi connectivity index (χ0) is 29.5. The third-order valence-corrected chi connectivity index (χ3v) is 9.80. The quantitative estimate of drug-likeness (QED) is 0.443. The molecule has 5 rings (SSSR count). The highest BCUT2D eigenvalue weighted by Gasteiger charge is 2.53. The predicted octanol–water partition coefficient (Wildman–Crippen LogP) is 4.31. The number of piperidine rings is 2. The summed E-state index contributed by atoms with van der Waals surface area (Å²) in [6.07, 6.45) is 7.04. The standard InChI is InChI=1S/C32H45F2N5O2/c1-5-23(40)16-20-6-12-26-30-27(13-7-20)38(31(41)24-18-36-29(17-25(24)35)32(4,33)34)15-14-28(30)39(37-26)22-10-8-21(9-11-22)19(2)3/h5,8-11,16,19,24-30,36-37H,1,6-7,12-15,17-18,35H2,2-4H3/b20-16+/t24?,25?,26?,27-,28?,29?,30?/m0/s1. The number of nitrogens with two attached hydrogens (primary N) is 1. The van der Waals surface area contributed by atoms with Crippen LogP contribution in [0, 0.1) is 11.8 Å². The zero-order valence-corrected chi connectivity index (χ0v) is 24.5. The summed E-state index contributed by atoms with van der Waals surface area (Å²) in [6.45, 7) is 9.62. The maximum atomic E-state index is 14.1. The van der Waals surface area contributed by atoms with Crippen LogP contribution in [0.15, 0.2) is 48.6 Å². The van der Waals surface area contributed by atoms with Gasteiger partial charge in [0.25, 0.3) is 5.92 Å². The van der Waals surface area contributed by atoms with E-state index in [4.69, 9.17) is 5.73 Å². The van der Waals surface area contributed by atoms with E-state index in [1.165, 1.54) is 11.6 Å². The molecule has 1 aliphatic carbocycles. The van der Waals surface area contributed by atoms with E-state index in [2.05, 4.69) is 60.4 Å². The van der Waals surface area contributed by atoms with Gasteiger partial charge in [0.2, 0.25) is 5.91 Å². The fourth-order valence-electron chi connectivity index (χ4n) is 7.47. The lowest BCUT2D eigenvalue weighted by Crippen LogP contribution is -2.63. The normalized spacial score (nSPS) is 33.3. The molecule has 4 aliphatic rings. The first kappa shape index (κ1) is 29.9. The summed E-state index contributed by atoms with van der Waals surface area (Å²) in [6, 6.07) is 7.38. The fourth-order valence-corrected chi connectivity index (χ4v) is 7.47. The molecule has 4 fully saturated rings. The number of rotatable bonds is 6. The Bertz CT molecular complexity index is 1160. The lowest BCUT2D eigenvalue weighted by Gasteiger charge is -2.48. The van der Waals surface area contributed by atoms with Crippen molar-refractivity contribution >= 4 is 17.4 Å². The van der Waals surface area contributed by atoms with Crippen LogP contribution in [-0.4, -0.2) is 65.8 Å². The van der Waals surface area contributed by atoms with Gasteiger partial charge in [-0.1, -0.05) is 38.1 Å². The molecule has 9 heteroatoms. The fraction of sp³-hybridized carbons (Fsp3) is 0.625. The van der Waals surface area contributed by atoms with Crippen molar-refractivity contribution in [3.8, 4) is 0 Å². The number of nitrogens with zero attached hydrogens (tertiary/aromatic N) is 2. The molecule has 0 radical (unpaired) electrons. The summed E-state index contributed by atoms with van der Waals surface area (Å²) in [5, 5.41) is 5.21. The number of alkyl halides is 2. The number of ketones is 1. The van der Waals surface area contributed by atoms with Crippen LogP contribution in [0.4, 0.5) is 14.5 Å². The third kappa shape index (κ3) is 6.13. The molecule has 7 atom stereocenters. The van der Waals surface area contributed by atoms with Gasteiger partial charge in [0.15, 0.2) is 5.78 Å². The van der Waals surface area contributed by atoms with Crippen molar-refractivity contribution in [1.82, 2.24) is 15.6 Å². The van der Waals surface area contributed by atoms with Crippen LogP contribution >= 0.6 is 0 Å². The predicted molar refractivity (Wildman–Crippen MR) is 158 cm³/mol. The maximum Gasteiger partial charge on any atom is 0.260 e. The van der Waals surface area contributed by atoms with Gasteiger partial charge in [-0.25, -0.2) is 14.2 Å². The minimum atomic E-state index is -2.89. The molecule has 1 amide bonds. The molecule has 1 aromatic carbocycles. The van der Waals surface area contributed by atoms with E-state index in [1.54, 1.807) is 6.08 Å². The average molecular weight is 570 g/mol. The Balaban J connectivity index is 1.42. The van der Waals surface area contributed by atoms with Gasteiger partial charge in [-0.15, -0.1) is 0 Å². The van der Waals surface area contributed by atoms with Crippen LogP contribution in [-0.2, 0) is 9.59 Å². The van der Waals surface area contributed by atoms with Crippen LogP contribution in [0.25, 0.3) is 0 Å². The Kier molecular flexibility index (Phi) is 8.69. The SMILES string of the molecule is C=CC(=O)/C=C1\CCC2NN(c3ccc(C(C)C)cc3)C3CCN(C(=O)C4CNC(C(C)(F)F)CC4N)[C@@H](CC1)C23. The van der Waals surface area contributed by atoms with Crippen molar-refractivity contribution in [3.05, 3.63) is 54.1 Å². The van der Waals surface area contributed by atoms with E-state index in [-0.39, 0.29) is 48.7 Å². The van der Waals surface area contributed by atoms with E-state index in [1.807, 2.05) is 4.90 Å². The lowest BCUT2D eigenvalue weighted by molar-refractivity contribution is -0.144. The van der Waals surface area contributed by atoms with Crippen LogP contribution in [0.1, 0.15) is 70.8 Å². The molecule has 0 bridgehead atoms. The lowest BCUT2D eigenvalue weighted by atomic mass is 9.74. The van der Waals surface area contributed by atoms with Crippen LogP contribution in [0.2, 0.25) is 0 Å². The number of halogens is 2. The van der Waals surface area contributed by atoms with E-state index in [9.17, 15) is 18.4 Å². The van der Waals surface area contributed by atoms with Crippen LogP contribution < -0.4 is 21.5 Å². The molecule has 224 valence electrons. The summed E-state index contributed by atoms with van der Waals surface area (Å²) in [5.41, 5.74) is 13.7. The molecular weight excluding hydrogens is 524 g/mol. The summed E-state index contributed by atoms with van der Waals surface area (Å²) < 4.78 is 28.0. The highest BCUT2D eigenvalue weighted by atomic mass is 19.3. The molecule has 41 heavy (non-hydrogen) atoms. The summed E-state index contributed by atoms with van der Waals surface area (Å²) in [7, 11) is 0. The second-order valence-corrected chi connectivity index (χ2v) is 12.8. The number of hydrogen-bond acceptors (Lipinski definition) is 6. The number of carbonyl (C=O) groups is 2. The highest BCUT2D eigenvalue weighted by molar-refractivity contribution is 5.99. The van der Waals surface area contributed by atoms with Crippen molar-refractivity contribution in [2.24, 2.45) is 17.6 Å². The zero-order valence-electron chi connectivity index (χ0n) is 24.5. The minimum Gasteiger partial charge on any atom is -0.339 e. The molecule has 4 N–H and O–H groups in total. The Morgan fingerprint density at radius 1 is 1.12 bits per heavy atom. The van der Waals surface area contributed by atoms with E-state index in [0.29, 0.717) is 12.5 Å². The van der Waals surface area contributed by atoms with Crippen molar-refractivity contribution in [3.63, 3.8) is 0 Å². The Morgan fingerprint density at radius 3 is 2.46 bits per heavy atom. The topological polar surface area (TPSA) is 90.7 Å². The van der Waals surface area contributed by atoms with E-state index < -0.39 is 23.9 Å². The van der Waals surface area contributed by atoms with Gasteiger partial charge >= 0.3 is 0 Å². The van der Waals surface area contributed by atoms with E-state index >= 15 is 0 Å². The molecule has 3 saturated heterocycles. The minimum absolute atomic E-state index is 0.0428. The average Bonchev–Trinajstić information content (AvgIpc) is 3.30. The highest BCUT2D eigenvalue weighted by Crippen LogP contribution is 2.43. The Hall–Kier alpha value is -2.62. The third-order valence-electron chi connectivity index (χ3n) is 9.80. The number of nitrogens with one attached hydrogen (secondary N) is 2. The molecule has 6 unspecified atom stereocenters. The first-order valence-electron chi connectivity index (χ1n) is 15.2. The van der Waals surface area contributed by atoms with Gasteiger partial charge in [0, 0.05) is 44.1 Å². The first-order valence-corrected chi connectivity index (χ1v) is 15.2. The molecule has 7 nitrogen and oxygen atoms in total. The molecule has 1 saturated carbocycles. The largest absolute Gasteiger partial charge is 0.339 e. The van der Waals surface area contributed by atoms with Gasteiger partial charge in [-0.05, 0) is 74.3 Å². The second-order valence-electron chi connectivity index (χ2n) is 12.8. The molecular formula is C32H45F2N5O2. The number of benzene rings is 1. The molecule has 0 spiro atoms. The molecule has 1 aromatic rings. The summed E-state index contributed by atoms with van der Waals surface area (Å²) in [4.78, 5) is 28.3. The molecule has 3 aliphatic heterocycles. The van der Waals surface area contributed by atoms with Crippen molar-refractivity contribution in [2.75, 3.05) is 18.1 Å². The summed E-state index contributed by atoms with van der Waals surface area (Å²) in [5.74, 6) is -2.92. The maximum absolute atomic E-state index is 14.1. The van der Waals surface area contributed by atoms with Crippen LogP contribution in [0.5, 0.6) is 0 Å². The monoisotopic (exact) mass is 569 g/mol. The van der Waals surface area contributed by atoms with Crippen molar-refractivity contribution in [1.29, 1.82) is 0 Å². The number of amides is 1. The van der Waals surface area contributed by atoms with Gasteiger partial charge < -0.3 is 21.0 Å². The number of hydrogen-bond donors (Lipinski definition) is 3. The van der Waals surface area contributed by atoms with Crippen molar-refractivity contribution in [2.45, 2.75) is 101 Å². The Morgan fingerprint density at radius 2 is 1.83 bits per heavy atom. The van der Waals surface area contributed by atoms with Gasteiger partial charge in [-0.2, -0.15) is 0 Å². The number of likely N-dealkylation sites (tertiary alicyclic amines) is 1. The number of carbonyl (C=O) groups excluding carboxylic acids is 2. The number of hydrazine groups is 1. The number of allylic oxidation sites excluding steroid dienone is 3. The first-order chi connectivity index (χ1) is 19.5. The molecule has 3 heterocycles. The second kappa shape index (κ2) is 11.9. The van der Waals surface area contributed by atoms with Crippen molar-refractivity contribution < 1.29 is 18.4 Å². The summed E-state index contributed by atoms with van der Waals surface area (Å²) >= 11 is 0. The van der Waals surface area contributed by atoms with Gasteiger partial charge in [0.1, 0.15) is 0 Å². The van der Waals surface area contributed by atoms with Crippen LogP contribution in [0.3, 0.4) is 0 Å².